The van der Waals surface area contributed by atoms with Crippen molar-refractivity contribution in [2.24, 2.45) is 10.1 Å². The molecule has 0 bridgehead atoms. The van der Waals surface area contributed by atoms with Gasteiger partial charge >= 0.3 is 10.3 Å². The van der Waals surface area contributed by atoms with E-state index in [9.17, 15) is 8.42 Å². The van der Waals surface area contributed by atoms with Crippen molar-refractivity contribution in [3.8, 4) is 0 Å². The lowest BCUT2D eigenvalue weighted by molar-refractivity contribution is 0.383. The first-order valence-electron chi connectivity index (χ1n) is 2.50. The Bertz CT molecular complexity index is 306. The highest BCUT2D eigenvalue weighted by Crippen LogP contribution is 2.14. The molecule has 0 aliphatic carbocycles. The monoisotopic (exact) mass is 195 g/mol. The average Bonchev–Trinajstić information content (AvgIpc) is 2.08. The van der Waals surface area contributed by atoms with Gasteiger partial charge in [-0.3, -0.25) is 5.41 Å². The third-order valence-corrected chi connectivity index (χ3v) is 2.41. The number of hydrogen-bond donors (Lipinski definition) is 2. The summed E-state index contributed by atoms with van der Waals surface area (Å²) in [4.78, 5) is 0. The SMILES string of the molecule is N=C(N)SC1=NS(=O)(=O)OC1. The van der Waals surface area contributed by atoms with E-state index in [0.29, 0.717) is 0 Å². The molecule has 0 fully saturated rings. The molecule has 0 atom stereocenters. The van der Waals surface area contributed by atoms with Crippen LogP contribution < -0.4 is 5.73 Å². The Morgan fingerprint density at radius 3 is 2.82 bits per heavy atom. The summed E-state index contributed by atoms with van der Waals surface area (Å²) in [6, 6.07) is 0. The van der Waals surface area contributed by atoms with Gasteiger partial charge in [-0.15, -0.1) is 4.40 Å². The molecule has 62 valence electrons. The van der Waals surface area contributed by atoms with Gasteiger partial charge in [0, 0.05) is 0 Å². The molecule has 1 rings (SSSR count). The van der Waals surface area contributed by atoms with Crippen LogP contribution in [0.5, 0.6) is 0 Å². The molecule has 1 aliphatic heterocycles. The van der Waals surface area contributed by atoms with Crippen molar-refractivity contribution in [3.63, 3.8) is 0 Å². The number of thioether (sulfide) groups is 1. The average molecular weight is 195 g/mol. The molecule has 0 spiro atoms. The normalized spacial score (nSPS) is 21.3. The summed E-state index contributed by atoms with van der Waals surface area (Å²) in [5.41, 5.74) is 4.98. The predicted octanol–water partition coefficient (Wildman–Crippen LogP) is -0.713. The number of nitrogens with zero attached hydrogens (tertiary/aromatic N) is 1. The molecule has 0 amide bonds. The molecule has 1 heterocycles. The van der Waals surface area contributed by atoms with Gasteiger partial charge in [-0.25, -0.2) is 4.18 Å². The van der Waals surface area contributed by atoms with Crippen LogP contribution in [0.15, 0.2) is 4.40 Å². The minimum atomic E-state index is -3.73. The number of amidine groups is 1. The Morgan fingerprint density at radius 1 is 1.82 bits per heavy atom. The fourth-order valence-corrected chi connectivity index (χ4v) is 1.96. The Hall–Kier alpha value is -0.600. The molecule has 0 saturated heterocycles. The molecule has 6 nitrogen and oxygen atoms in total. The van der Waals surface area contributed by atoms with Crippen LogP contribution in [0.3, 0.4) is 0 Å². The lowest BCUT2D eigenvalue weighted by Gasteiger charge is -1.90. The van der Waals surface area contributed by atoms with E-state index in [1.807, 2.05) is 0 Å². The molecule has 8 heteroatoms. The molecule has 0 saturated carbocycles. The quantitative estimate of drug-likeness (QED) is 0.392. The molecule has 0 aromatic heterocycles. The fourth-order valence-electron chi connectivity index (χ4n) is 0.477. The van der Waals surface area contributed by atoms with Crippen LogP contribution in [0.2, 0.25) is 0 Å². The molecular weight excluding hydrogens is 190 g/mol. The summed E-state index contributed by atoms with van der Waals surface area (Å²) in [6.07, 6.45) is 0. The maximum atomic E-state index is 10.5. The first kappa shape index (κ1) is 8.50. The summed E-state index contributed by atoms with van der Waals surface area (Å²) in [5.74, 6) is 0. The number of nitrogens with one attached hydrogen (secondary N) is 1. The molecule has 0 aromatic carbocycles. The lowest BCUT2D eigenvalue weighted by Crippen LogP contribution is -2.08. The first-order valence-corrected chi connectivity index (χ1v) is 4.68. The zero-order valence-electron chi connectivity index (χ0n) is 5.27. The van der Waals surface area contributed by atoms with Crippen LogP contribution in [-0.4, -0.2) is 25.2 Å². The second-order valence-corrected chi connectivity index (χ2v) is 4.03. The smallest absolute Gasteiger partial charge is 0.378 e. The van der Waals surface area contributed by atoms with Crippen LogP contribution in [0.4, 0.5) is 0 Å². The molecular formula is C3H5N3O3S2. The first-order chi connectivity index (χ1) is 4.99. The Kier molecular flexibility index (Phi) is 2.16. The van der Waals surface area contributed by atoms with E-state index in [2.05, 4.69) is 8.58 Å². The van der Waals surface area contributed by atoms with Gasteiger partial charge in [-0.1, -0.05) is 0 Å². The predicted molar refractivity (Wildman–Crippen MR) is 41.8 cm³/mol. The van der Waals surface area contributed by atoms with Crippen molar-refractivity contribution in [3.05, 3.63) is 0 Å². The number of nitrogens with two attached hydrogens (primary N) is 1. The van der Waals surface area contributed by atoms with Gasteiger partial charge < -0.3 is 5.73 Å². The van der Waals surface area contributed by atoms with Crippen molar-refractivity contribution >= 4 is 32.3 Å². The van der Waals surface area contributed by atoms with Gasteiger partial charge in [0.25, 0.3) is 0 Å². The third kappa shape index (κ3) is 2.48. The van der Waals surface area contributed by atoms with Crippen LogP contribution in [0.1, 0.15) is 0 Å². The van der Waals surface area contributed by atoms with E-state index in [0.717, 1.165) is 11.8 Å². The van der Waals surface area contributed by atoms with Crippen LogP contribution in [0.25, 0.3) is 0 Å². The second kappa shape index (κ2) is 2.80. The van der Waals surface area contributed by atoms with Gasteiger partial charge in [0.1, 0.15) is 11.7 Å². The standard InChI is InChI=1S/C3H5N3O3S2/c4-3(5)10-2-1-9-11(7,8)6-2/h1H2,(H3,4,5). The molecule has 0 unspecified atom stereocenters. The minimum Gasteiger partial charge on any atom is -0.378 e. The van der Waals surface area contributed by atoms with Crippen LogP contribution >= 0.6 is 11.8 Å². The maximum Gasteiger partial charge on any atom is 0.382 e. The number of rotatable bonds is 0. The molecule has 3 N–H and O–H groups in total. The van der Waals surface area contributed by atoms with Crippen molar-refractivity contribution in [2.45, 2.75) is 0 Å². The van der Waals surface area contributed by atoms with Crippen LogP contribution in [0, 0.1) is 5.41 Å². The summed E-state index contributed by atoms with van der Waals surface area (Å²) in [7, 11) is -3.73. The van der Waals surface area contributed by atoms with Gasteiger partial charge in [-0.2, -0.15) is 8.42 Å². The van der Waals surface area contributed by atoms with E-state index in [4.69, 9.17) is 11.1 Å². The summed E-state index contributed by atoms with van der Waals surface area (Å²) < 4.78 is 28.4. The van der Waals surface area contributed by atoms with Crippen LogP contribution in [-0.2, 0) is 14.5 Å². The van der Waals surface area contributed by atoms with E-state index in [-0.39, 0.29) is 16.8 Å². The number of hydrogen-bond acceptors (Lipinski definition) is 5. The van der Waals surface area contributed by atoms with E-state index >= 15 is 0 Å². The van der Waals surface area contributed by atoms with Crippen molar-refractivity contribution in [1.82, 2.24) is 0 Å². The molecule has 11 heavy (non-hydrogen) atoms. The van der Waals surface area contributed by atoms with Gasteiger partial charge in [0.15, 0.2) is 5.17 Å². The van der Waals surface area contributed by atoms with E-state index in [1.54, 1.807) is 0 Å². The van der Waals surface area contributed by atoms with Gasteiger partial charge in [0.05, 0.1) is 0 Å². The Labute approximate surface area is 67.6 Å². The second-order valence-electron chi connectivity index (χ2n) is 1.64. The third-order valence-electron chi connectivity index (χ3n) is 0.773. The van der Waals surface area contributed by atoms with Crippen molar-refractivity contribution in [1.29, 1.82) is 5.41 Å². The zero-order valence-corrected chi connectivity index (χ0v) is 6.91. The largest absolute Gasteiger partial charge is 0.382 e. The topological polar surface area (TPSA) is 106 Å². The maximum absolute atomic E-state index is 10.5. The summed E-state index contributed by atoms with van der Waals surface area (Å²) in [6.45, 7) is -0.118. The molecule has 0 radical (unpaired) electrons. The van der Waals surface area contributed by atoms with Gasteiger partial charge in [-0.05, 0) is 11.8 Å². The summed E-state index contributed by atoms with van der Waals surface area (Å²) in [5, 5.41) is 6.79. The highest BCUT2D eigenvalue weighted by Gasteiger charge is 2.21. The Balaban J connectivity index is 2.71. The van der Waals surface area contributed by atoms with E-state index in [1.165, 1.54) is 0 Å². The van der Waals surface area contributed by atoms with E-state index < -0.39 is 10.3 Å². The fraction of sp³-hybridized carbons (Fsp3) is 0.333. The highest BCUT2D eigenvalue weighted by molar-refractivity contribution is 8.26. The van der Waals surface area contributed by atoms with Crippen molar-refractivity contribution in [2.75, 3.05) is 6.61 Å². The summed E-state index contributed by atoms with van der Waals surface area (Å²) >= 11 is 0.771. The Morgan fingerprint density at radius 2 is 2.45 bits per heavy atom. The minimum absolute atomic E-state index is 0.118. The van der Waals surface area contributed by atoms with Crippen molar-refractivity contribution < 1.29 is 12.6 Å². The zero-order chi connectivity index (χ0) is 8.48. The molecule has 0 aromatic rings. The lowest BCUT2D eigenvalue weighted by atomic mass is 10.8. The highest BCUT2D eigenvalue weighted by atomic mass is 32.2. The van der Waals surface area contributed by atoms with Gasteiger partial charge in [0.2, 0.25) is 0 Å². The molecule has 1 aliphatic rings.